The third-order valence-electron chi connectivity index (χ3n) is 8.15. The number of fused-ring (bicyclic) bond motifs is 2. The Morgan fingerprint density at radius 2 is 1.58 bits per heavy atom. The molecule has 0 saturated carbocycles. The van der Waals surface area contributed by atoms with Crippen molar-refractivity contribution in [3.05, 3.63) is 113 Å². The zero-order chi connectivity index (χ0) is 35.3. The number of halogens is 3. The maximum absolute atomic E-state index is 12.9. The van der Waals surface area contributed by atoms with Gasteiger partial charge in [-0.05, 0) is 54.1 Å². The molecule has 3 atom stereocenters. The number of aromatic hydroxyl groups is 3. The van der Waals surface area contributed by atoms with Gasteiger partial charge in [-0.15, -0.1) is 0 Å². The van der Waals surface area contributed by atoms with Crippen molar-refractivity contribution in [2.24, 2.45) is 0 Å². The van der Waals surface area contributed by atoms with Crippen LogP contribution in [0.3, 0.4) is 0 Å². The topological polar surface area (TPSA) is 170 Å². The molecule has 0 spiro atoms. The van der Waals surface area contributed by atoms with Crippen molar-refractivity contribution < 1.29 is 61.6 Å². The summed E-state index contributed by atoms with van der Waals surface area (Å²) in [7, 11) is 1.37. The van der Waals surface area contributed by atoms with Crippen LogP contribution in [0.15, 0.2) is 83.4 Å². The molecule has 0 radical (unpaired) electrons. The number of anilines is 1. The van der Waals surface area contributed by atoms with Crippen molar-refractivity contribution in [1.29, 1.82) is 0 Å². The first-order valence-electron chi connectivity index (χ1n) is 14.9. The Balaban J connectivity index is 1.18. The number of benzene rings is 4. The molecule has 3 heterocycles. The minimum absolute atomic E-state index is 0.0250. The van der Waals surface area contributed by atoms with Gasteiger partial charge < -0.3 is 44.1 Å². The molecule has 256 valence electrons. The van der Waals surface area contributed by atoms with E-state index >= 15 is 0 Å². The lowest BCUT2D eigenvalue weighted by Crippen LogP contribution is -2.27. The standard InChI is InChI=1S/C35H25F3N2O10/c1-46-27-11-17(2-8-22(27)42)32-33(21-14-30(50-40-21)34(45)39-19-6-4-18(5-7-19)35(36,37)38)48-25-9-3-16(10-28(25)49-32)26-15-24(44)31-23(43)12-20(41)13-29(31)47-26/h2-14,26,32-33,41-43H,15H2,1H3,(H,39,45). The second-order valence-corrected chi connectivity index (χ2v) is 11.4. The highest BCUT2D eigenvalue weighted by molar-refractivity contribution is 6.03. The maximum atomic E-state index is 12.9. The Kier molecular flexibility index (Phi) is 7.89. The lowest BCUT2D eigenvalue weighted by Gasteiger charge is -2.34. The van der Waals surface area contributed by atoms with Gasteiger partial charge in [-0.3, -0.25) is 9.59 Å². The van der Waals surface area contributed by atoms with Gasteiger partial charge in [0.2, 0.25) is 5.76 Å². The summed E-state index contributed by atoms with van der Waals surface area (Å²) < 4.78 is 68.2. The van der Waals surface area contributed by atoms with Gasteiger partial charge in [0.15, 0.2) is 41.0 Å². The van der Waals surface area contributed by atoms with Crippen molar-refractivity contribution in [1.82, 2.24) is 5.16 Å². The predicted octanol–water partition coefficient (Wildman–Crippen LogP) is 7.03. The monoisotopic (exact) mass is 690 g/mol. The zero-order valence-corrected chi connectivity index (χ0v) is 25.7. The zero-order valence-electron chi connectivity index (χ0n) is 25.7. The van der Waals surface area contributed by atoms with Crippen LogP contribution in [-0.4, -0.2) is 39.3 Å². The summed E-state index contributed by atoms with van der Waals surface area (Å²) in [6.07, 6.45) is -7.43. The molecular formula is C35H25F3N2O10. The molecule has 0 fully saturated rings. The van der Waals surface area contributed by atoms with E-state index in [0.29, 0.717) is 11.1 Å². The molecule has 2 aliphatic heterocycles. The Morgan fingerprint density at radius 3 is 2.32 bits per heavy atom. The van der Waals surface area contributed by atoms with Crippen molar-refractivity contribution >= 4 is 17.4 Å². The van der Waals surface area contributed by atoms with E-state index in [9.17, 15) is 38.1 Å². The van der Waals surface area contributed by atoms with Gasteiger partial charge in [-0.1, -0.05) is 17.3 Å². The Hall–Kier alpha value is -6.38. The number of amides is 1. The van der Waals surface area contributed by atoms with E-state index in [-0.39, 0.29) is 69.4 Å². The lowest BCUT2D eigenvalue weighted by atomic mass is 9.94. The summed E-state index contributed by atoms with van der Waals surface area (Å²) in [5, 5.41) is 36.8. The number of ether oxygens (including phenoxy) is 4. The van der Waals surface area contributed by atoms with Gasteiger partial charge in [-0.2, -0.15) is 13.2 Å². The maximum Gasteiger partial charge on any atom is 0.416 e. The SMILES string of the molecule is COc1cc(C2Oc3cc(C4CC(=O)c5c(O)cc(O)cc5O4)ccc3OC2c2cc(C(=O)Nc3ccc(C(F)(F)F)cc3)on2)ccc1O. The normalized spacial score (nSPS) is 18.2. The number of hydrogen-bond acceptors (Lipinski definition) is 11. The third kappa shape index (κ3) is 6.04. The average molecular weight is 691 g/mol. The van der Waals surface area contributed by atoms with Crippen LogP contribution in [0.4, 0.5) is 18.9 Å². The number of ketones is 1. The molecule has 2 aliphatic rings. The summed E-state index contributed by atoms with van der Waals surface area (Å²) in [5.41, 5.74) is 0.328. The van der Waals surface area contributed by atoms with Gasteiger partial charge >= 0.3 is 6.18 Å². The number of carbonyl (C=O) groups is 2. The van der Waals surface area contributed by atoms with E-state index in [0.717, 1.165) is 30.3 Å². The molecule has 50 heavy (non-hydrogen) atoms. The summed E-state index contributed by atoms with van der Waals surface area (Å²) >= 11 is 0. The third-order valence-corrected chi connectivity index (χ3v) is 8.15. The number of hydrogen-bond donors (Lipinski definition) is 4. The van der Waals surface area contributed by atoms with Crippen LogP contribution < -0.4 is 24.3 Å². The molecule has 0 aliphatic carbocycles. The number of phenols is 3. The molecule has 3 unspecified atom stereocenters. The minimum Gasteiger partial charge on any atom is -0.508 e. The van der Waals surface area contributed by atoms with Crippen LogP contribution in [-0.2, 0) is 6.18 Å². The summed E-state index contributed by atoms with van der Waals surface area (Å²) in [6, 6.07) is 16.9. The van der Waals surface area contributed by atoms with Gasteiger partial charge in [0.1, 0.15) is 34.6 Å². The highest BCUT2D eigenvalue weighted by Gasteiger charge is 2.39. The smallest absolute Gasteiger partial charge is 0.416 e. The molecule has 1 aromatic heterocycles. The molecule has 15 heteroatoms. The van der Waals surface area contributed by atoms with E-state index in [1.54, 1.807) is 24.3 Å². The number of Topliss-reactive ketones (excluding diaryl/α,β-unsaturated/α-hetero) is 1. The highest BCUT2D eigenvalue weighted by atomic mass is 19.4. The van der Waals surface area contributed by atoms with E-state index in [2.05, 4.69) is 10.5 Å². The molecular weight excluding hydrogens is 665 g/mol. The van der Waals surface area contributed by atoms with Crippen LogP contribution in [0, 0.1) is 0 Å². The number of nitrogens with one attached hydrogen (secondary N) is 1. The highest BCUT2D eigenvalue weighted by Crippen LogP contribution is 2.49. The van der Waals surface area contributed by atoms with Crippen molar-refractivity contribution in [3.63, 3.8) is 0 Å². The molecule has 4 aromatic carbocycles. The van der Waals surface area contributed by atoms with Crippen LogP contribution in [0.1, 0.15) is 68.0 Å². The summed E-state index contributed by atoms with van der Waals surface area (Å²) in [5.74, 6) is -1.55. The molecule has 0 saturated heterocycles. The number of alkyl halides is 3. The summed E-state index contributed by atoms with van der Waals surface area (Å²) in [4.78, 5) is 25.9. The second-order valence-electron chi connectivity index (χ2n) is 11.4. The Bertz CT molecular complexity index is 2130. The first-order chi connectivity index (χ1) is 23.9. The quantitative estimate of drug-likeness (QED) is 0.144. The largest absolute Gasteiger partial charge is 0.508 e. The summed E-state index contributed by atoms with van der Waals surface area (Å²) in [6.45, 7) is 0. The van der Waals surface area contributed by atoms with E-state index in [4.69, 9.17) is 23.5 Å². The van der Waals surface area contributed by atoms with Crippen molar-refractivity contribution in [2.75, 3.05) is 12.4 Å². The van der Waals surface area contributed by atoms with Gasteiger partial charge in [0, 0.05) is 29.4 Å². The van der Waals surface area contributed by atoms with Crippen LogP contribution in [0.25, 0.3) is 0 Å². The molecule has 12 nitrogen and oxygen atoms in total. The van der Waals surface area contributed by atoms with Crippen LogP contribution >= 0.6 is 0 Å². The molecule has 5 aromatic rings. The average Bonchev–Trinajstić information content (AvgIpc) is 3.58. The fraction of sp³-hybridized carbons (Fsp3) is 0.171. The first-order valence-corrected chi connectivity index (χ1v) is 14.9. The van der Waals surface area contributed by atoms with E-state index in [1.165, 1.54) is 31.4 Å². The number of rotatable bonds is 6. The van der Waals surface area contributed by atoms with Gasteiger partial charge in [0.25, 0.3) is 5.91 Å². The Morgan fingerprint density at radius 1 is 0.840 bits per heavy atom. The fourth-order valence-corrected chi connectivity index (χ4v) is 5.72. The molecule has 4 N–H and O–H groups in total. The number of methoxy groups -OCH3 is 1. The van der Waals surface area contributed by atoms with Crippen molar-refractivity contribution in [2.45, 2.75) is 30.9 Å². The fourth-order valence-electron chi connectivity index (χ4n) is 5.72. The van der Waals surface area contributed by atoms with Crippen molar-refractivity contribution in [3.8, 4) is 40.2 Å². The van der Waals surface area contributed by atoms with Gasteiger partial charge in [0.05, 0.1) is 19.1 Å². The van der Waals surface area contributed by atoms with Crippen LogP contribution in [0.5, 0.6) is 40.2 Å². The predicted molar refractivity (Wildman–Crippen MR) is 166 cm³/mol. The second kappa shape index (κ2) is 12.3. The molecule has 0 bridgehead atoms. The van der Waals surface area contributed by atoms with E-state index < -0.39 is 41.7 Å². The van der Waals surface area contributed by atoms with Gasteiger partial charge in [-0.25, -0.2) is 0 Å². The number of phenolic OH excluding ortho intramolecular Hbond substituents is 3. The number of nitrogens with zero attached hydrogens (tertiary/aromatic N) is 1. The number of carbonyl (C=O) groups excluding carboxylic acids is 2. The Labute approximate surface area is 280 Å². The van der Waals surface area contributed by atoms with E-state index in [1.807, 2.05) is 0 Å². The molecule has 1 amide bonds. The van der Waals surface area contributed by atoms with Crippen LogP contribution in [0.2, 0.25) is 0 Å². The lowest BCUT2D eigenvalue weighted by molar-refractivity contribution is -0.137. The molecule has 7 rings (SSSR count). The minimum atomic E-state index is -4.53. The number of aromatic nitrogens is 1. The first kappa shape index (κ1) is 32.2.